The van der Waals surface area contributed by atoms with Crippen molar-refractivity contribution in [1.29, 1.82) is 0 Å². The van der Waals surface area contributed by atoms with Crippen molar-refractivity contribution in [3.63, 3.8) is 0 Å². The number of hydrazine groups is 1. The van der Waals surface area contributed by atoms with Gasteiger partial charge in [-0.2, -0.15) is 0 Å². The second-order valence-electron chi connectivity index (χ2n) is 7.04. The Morgan fingerprint density at radius 2 is 1.93 bits per heavy atom. The molecule has 0 bridgehead atoms. The van der Waals surface area contributed by atoms with E-state index in [0.29, 0.717) is 12.3 Å². The molecule has 0 unspecified atom stereocenters. The van der Waals surface area contributed by atoms with E-state index in [2.05, 4.69) is 10.9 Å². The molecule has 2 aliphatic rings. The third kappa shape index (κ3) is 4.27. The maximum atomic E-state index is 13.6. The van der Waals surface area contributed by atoms with Gasteiger partial charge in [-0.1, -0.05) is 25.0 Å². The maximum Gasteiger partial charge on any atom is 0.323 e. The summed E-state index contributed by atoms with van der Waals surface area (Å²) < 4.78 is 18.5. The van der Waals surface area contributed by atoms with Crippen LogP contribution in [-0.2, 0) is 14.3 Å². The normalized spacial score (nSPS) is 24.7. The lowest BCUT2D eigenvalue weighted by atomic mass is 9.85. The molecule has 146 valence electrons. The van der Waals surface area contributed by atoms with E-state index in [1.807, 2.05) is 4.90 Å². The molecule has 2 fully saturated rings. The van der Waals surface area contributed by atoms with Gasteiger partial charge in [0.25, 0.3) is 11.8 Å². The van der Waals surface area contributed by atoms with Crippen LogP contribution >= 0.6 is 0 Å². The van der Waals surface area contributed by atoms with Crippen LogP contribution in [0, 0.1) is 11.7 Å². The summed E-state index contributed by atoms with van der Waals surface area (Å²) >= 11 is 0. The number of carbonyl (C=O) groups is 3. The van der Waals surface area contributed by atoms with Crippen molar-refractivity contribution in [3.05, 3.63) is 35.6 Å². The van der Waals surface area contributed by atoms with E-state index < -0.39 is 23.7 Å². The van der Waals surface area contributed by atoms with E-state index in [1.165, 1.54) is 31.4 Å². The van der Waals surface area contributed by atoms with Gasteiger partial charge < -0.3 is 4.74 Å². The molecule has 2 amide bonds. The Kier molecular flexibility index (Phi) is 6.05. The lowest BCUT2D eigenvalue weighted by Crippen LogP contribution is -2.51. The van der Waals surface area contributed by atoms with Gasteiger partial charge in [0.1, 0.15) is 11.9 Å². The summed E-state index contributed by atoms with van der Waals surface area (Å²) in [7, 11) is 1.34. The Hall–Kier alpha value is -2.48. The number of methoxy groups -OCH3 is 1. The van der Waals surface area contributed by atoms with Gasteiger partial charge in [0, 0.05) is 6.04 Å². The number of likely N-dealkylation sites (tertiary alicyclic amines) is 1. The van der Waals surface area contributed by atoms with E-state index in [-0.39, 0.29) is 24.1 Å². The van der Waals surface area contributed by atoms with Crippen LogP contribution in [0.25, 0.3) is 0 Å². The van der Waals surface area contributed by atoms with Gasteiger partial charge in [0.15, 0.2) is 0 Å². The fraction of sp³-hybridized carbons (Fsp3) is 0.526. The standard InChI is InChI=1S/C19H24FN3O4/c1-27-19(26)16-10-12-6-2-5-9-15(12)23(16)11-17(24)21-22-18(25)13-7-3-4-8-14(13)20/h3-4,7-8,12,15-16H,2,5-6,9-11H2,1H3,(H,21,24)(H,22,25)/t12-,15-,16-/m0/s1. The van der Waals surface area contributed by atoms with Crippen LogP contribution in [0.5, 0.6) is 0 Å². The first-order valence-corrected chi connectivity index (χ1v) is 9.18. The third-order valence-electron chi connectivity index (χ3n) is 5.45. The number of hydrogen-bond donors (Lipinski definition) is 2. The second kappa shape index (κ2) is 8.47. The monoisotopic (exact) mass is 377 g/mol. The lowest BCUT2D eigenvalue weighted by Gasteiger charge is -2.32. The molecule has 1 aliphatic heterocycles. The van der Waals surface area contributed by atoms with E-state index in [0.717, 1.165) is 25.7 Å². The summed E-state index contributed by atoms with van der Waals surface area (Å²) in [5.74, 6) is -1.82. The first kappa shape index (κ1) is 19.3. The molecule has 0 spiro atoms. The van der Waals surface area contributed by atoms with Crippen molar-refractivity contribution in [1.82, 2.24) is 15.8 Å². The molecule has 27 heavy (non-hydrogen) atoms. The number of ether oxygens (including phenoxy) is 1. The molecule has 0 aromatic heterocycles. The number of esters is 1. The molecule has 1 saturated heterocycles. The van der Waals surface area contributed by atoms with Gasteiger partial charge in [-0.3, -0.25) is 30.1 Å². The Labute approximate surface area is 157 Å². The van der Waals surface area contributed by atoms with Gasteiger partial charge in [0.2, 0.25) is 0 Å². The number of nitrogens with one attached hydrogen (secondary N) is 2. The molecule has 8 heteroatoms. The SMILES string of the molecule is COC(=O)[C@@H]1C[C@@H]2CCCC[C@@H]2N1CC(=O)NNC(=O)c1ccccc1F. The van der Waals surface area contributed by atoms with E-state index in [1.54, 1.807) is 0 Å². The topological polar surface area (TPSA) is 87.7 Å². The van der Waals surface area contributed by atoms with Crippen LogP contribution < -0.4 is 10.9 Å². The highest BCUT2D eigenvalue weighted by Crippen LogP contribution is 2.39. The van der Waals surface area contributed by atoms with Crippen LogP contribution in [0.1, 0.15) is 42.5 Å². The van der Waals surface area contributed by atoms with E-state index in [9.17, 15) is 18.8 Å². The molecule has 1 heterocycles. The van der Waals surface area contributed by atoms with E-state index in [4.69, 9.17) is 4.74 Å². The van der Waals surface area contributed by atoms with Gasteiger partial charge in [0.05, 0.1) is 19.2 Å². The number of hydrogen-bond acceptors (Lipinski definition) is 5. The van der Waals surface area contributed by atoms with Crippen LogP contribution in [0.2, 0.25) is 0 Å². The van der Waals surface area contributed by atoms with Crippen molar-refractivity contribution in [2.24, 2.45) is 5.92 Å². The second-order valence-corrected chi connectivity index (χ2v) is 7.04. The van der Waals surface area contributed by atoms with Crippen LogP contribution in [0.15, 0.2) is 24.3 Å². The minimum Gasteiger partial charge on any atom is -0.468 e. The smallest absolute Gasteiger partial charge is 0.323 e. The van der Waals surface area contributed by atoms with Crippen molar-refractivity contribution in [2.75, 3.05) is 13.7 Å². The minimum atomic E-state index is -0.733. The number of rotatable bonds is 4. The lowest BCUT2D eigenvalue weighted by molar-refractivity contribution is -0.146. The van der Waals surface area contributed by atoms with Crippen LogP contribution in [0.3, 0.4) is 0 Å². The predicted molar refractivity (Wildman–Crippen MR) is 94.9 cm³/mol. The van der Waals surface area contributed by atoms with Gasteiger partial charge in [-0.25, -0.2) is 4.39 Å². The van der Waals surface area contributed by atoms with Crippen LogP contribution in [-0.4, -0.2) is 48.4 Å². The number of halogens is 1. The van der Waals surface area contributed by atoms with Crippen molar-refractivity contribution in [2.45, 2.75) is 44.2 Å². The highest BCUT2D eigenvalue weighted by atomic mass is 19.1. The zero-order valence-corrected chi connectivity index (χ0v) is 15.2. The molecule has 3 rings (SSSR count). The van der Waals surface area contributed by atoms with E-state index >= 15 is 0 Å². The summed E-state index contributed by atoms with van der Waals surface area (Å²) in [6, 6.07) is 5.23. The predicted octanol–water partition coefficient (Wildman–Crippen LogP) is 1.39. The Bertz CT molecular complexity index is 727. The first-order valence-electron chi connectivity index (χ1n) is 9.18. The van der Waals surface area contributed by atoms with Crippen LogP contribution in [0.4, 0.5) is 4.39 Å². The molecule has 1 saturated carbocycles. The molecular formula is C19H24FN3O4. The third-order valence-corrected chi connectivity index (χ3v) is 5.45. The fourth-order valence-corrected chi connectivity index (χ4v) is 4.19. The highest BCUT2D eigenvalue weighted by Gasteiger charge is 2.46. The summed E-state index contributed by atoms with van der Waals surface area (Å²) in [6.07, 6.45) is 4.87. The first-order chi connectivity index (χ1) is 13.0. The maximum absolute atomic E-state index is 13.6. The molecule has 1 aromatic carbocycles. The molecule has 3 atom stereocenters. The van der Waals surface area contributed by atoms with Crippen molar-refractivity contribution >= 4 is 17.8 Å². The quantitative estimate of drug-likeness (QED) is 0.612. The number of carbonyl (C=O) groups excluding carboxylic acids is 3. The largest absolute Gasteiger partial charge is 0.468 e. The molecule has 2 N–H and O–H groups in total. The number of fused-ring (bicyclic) bond motifs is 1. The zero-order chi connectivity index (χ0) is 19.4. The van der Waals surface area contributed by atoms with Gasteiger partial charge in [-0.05, 0) is 37.3 Å². The molecular weight excluding hydrogens is 353 g/mol. The number of amides is 2. The molecule has 7 nitrogen and oxygen atoms in total. The summed E-state index contributed by atoms with van der Waals surface area (Å²) in [4.78, 5) is 38.3. The molecule has 1 aromatic rings. The average Bonchev–Trinajstić information content (AvgIpc) is 3.04. The summed E-state index contributed by atoms with van der Waals surface area (Å²) in [5.41, 5.74) is 4.38. The highest BCUT2D eigenvalue weighted by molar-refractivity contribution is 5.95. The summed E-state index contributed by atoms with van der Waals surface area (Å²) in [5, 5.41) is 0. The number of benzene rings is 1. The zero-order valence-electron chi connectivity index (χ0n) is 15.2. The molecule has 0 radical (unpaired) electrons. The fourth-order valence-electron chi connectivity index (χ4n) is 4.19. The van der Waals surface area contributed by atoms with Crippen molar-refractivity contribution in [3.8, 4) is 0 Å². The number of nitrogens with zero attached hydrogens (tertiary/aromatic N) is 1. The molecule has 1 aliphatic carbocycles. The Balaban J connectivity index is 1.60. The van der Waals surface area contributed by atoms with Gasteiger partial charge >= 0.3 is 5.97 Å². The minimum absolute atomic E-state index is 0.0293. The summed E-state index contributed by atoms with van der Waals surface area (Å²) in [6.45, 7) is -0.0293. The van der Waals surface area contributed by atoms with Gasteiger partial charge in [-0.15, -0.1) is 0 Å². The average molecular weight is 377 g/mol. The Morgan fingerprint density at radius 1 is 1.19 bits per heavy atom. The Morgan fingerprint density at radius 3 is 2.67 bits per heavy atom. The van der Waals surface area contributed by atoms with Crippen molar-refractivity contribution < 1.29 is 23.5 Å².